The van der Waals surface area contributed by atoms with Gasteiger partial charge in [-0.1, -0.05) is 24.3 Å². The second kappa shape index (κ2) is 14.3. The largest absolute Gasteiger partial charge is 0.398 e. The Morgan fingerprint density at radius 2 is 0.800 bits per heavy atom. The number of nitrogens with zero attached hydrogens (tertiary/aromatic N) is 6. The van der Waals surface area contributed by atoms with E-state index in [0.717, 1.165) is 50.3 Å². The summed E-state index contributed by atoms with van der Waals surface area (Å²) in [7, 11) is 0. The van der Waals surface area contributed by atoms with Crippen LogP contribution in [0.3, 0.4) is 0 Å². The van der Waals surface area contributed by atoms with E-state index in [1.807, 2.05) is 103 Å². The smallest absolute Gasteiger partial charge is 0.0886 e. The Morgan fingerprint density at radius 3 is 1.23 bits per heavy atom. The topological polar surface area (TPSA) is 103 Å². The second-order valence-electron chi connectivity index (χ2n) is 8.30. The third-order valence-corrected chi connectivity index (χ3v) is 5.69. The molecule has 6 aromatic heterocycles. The molecule has 0 radical (unpaired) electrons. The molecule has 0 aliphatic carbocycles. The van der Waals surface area contributed by atoms with Gasteiger partial charge in [-0.2, -0.15) is 0 Å². The monoisotopic (exact) mass is 609 g/mol. The third kappa shape index (κ3) is 7.13. The van der Waals surface area contributed by atoms with E-state index in [1.54, 1.807) is 37.2 Å². The zero-order chi connectivity index (χ0) is 26.7. The number of nitrogens with two attached hydrogens (primary N) is 1. The van der Waals surface area contributed by atoms with E-state index in [4.69, 9.17) is 5.73 Å². The molecular formula is C32H25N7Ru. The van der Waals surface area contributed by atoms with Crippen molar-refractivity contribution in [1.29, 1.82) is 0 Å². The average molecular weight is 609 g/mol. The maximum Gasteiger partial charge on any atom is 0.0886 e. The van der Waals surface area contributed by atoms with Crippen molar-refractivity contribution in [2.45, 2.75) is 0 Å². The molecule has 8 heteroatoms. The number of rotatable bonds is 2. The molecule has 2 N–H and O–H groups in total. The Labute approximate surface area is 245 Å². The third-order valence-electron chi connectivity index (χ3n) is 5.69. The van der Waals surface area contributed by atoms with Crippen LogP contribution in [0, 0.1) is 0 Å². The quantitative estimate of drug-likeness (QED) is 0.133. The van der Waals surface area contributed by atoms with Crippen LogP contribution in [0.4, 0.5) is 5.69 Å². The van der Waals surface area contributed by atoms with Gasteiger partial charge in [0.1, 0.15) is 0 Å². The molecule has 0 saturated carbocycles. The number of pyridine rings is 6. The molecule has 7 aromatic rings. The standard InChI is InChI=1S/C12H9N3.2C10H8N2.Ru/c13-10-7-11-9(4-2-5-14-11)12-8(10)3-1-6-15-12;2*1-3-7-11-9(5-1)10-6-2-4-8-12-10;/h1-7H,13H2;2*1-8H;. The van der Waals surface area contributed by atoms with Gasteiger partial charge in [-0.3, -0.25) is 29.9 Å². The maximum atomic E-state index is 5.94. The summed E-state index contributed by atoms with van der Waals surface area (Å²) >= 11 is 0. The Balaban J connectivity index is 0.000000138. The molecule has 40 heavy (non-hydrogen) atoms. The van der Waals surface area contributed by atoms with Gasteiger partial charge in [-0.15, -0.1) is 0 Å². The number of benzene rings is 1. The normalized spacial score (nSPS) is 9.90. The average Bonchev–Trinajstić information content (AvgIpc) is 3.04. The van der Waals surface area contributed by atoms with Crippen LogP contribution in [0.2, 0.25) is 0 Å². The molecule has 7 rings (SSSR count). The second-order valence-corrected chi connectivity index (χ2v) is 8.30. The first-order chi connectivity index (χ1) is 19.3. The summed E-state index contributed by atoms with van der Waals surface area (Å²) in [6.45, 7) is 0. The minimum atomic E-state index is 0. The van der Waals surface area contributed by atoms with Gasteiger partial charge in [0.2, 0.25) is 0 Å². The summed E-state index contributed by atoms with van der Waals surface area (Å²) in [6.07, 6.45) is 10.6. The molecular weight excluding hydrogens is 583 g/mol. The fraction of sp³-hybridized carbons (Fsp3) is 0. The number of fused-ring (bicyclic) bond motifs is 3. The first kappa shape index (κ1) is 28.1. The fourth-order valence-electron chi connectivity index (χ4n) is 3.87. The van der Waals surface area contributed by atoms with Gasteiger partial charge in [0.05, 0.1) is 33.8 Å². The molecule has 0 fully saturated rings. The van der Waals surface area contributed by atoms with Crippen molar-refractivity contribution in [3.63, 3.8) is 0 Å². The van der Waals surface area contributed by atoms with Crippen molar-refractivity contribution in [3.05, 3.63) is 140 Å². The number of anilines is 1. The van der Waals surface area contributed by atoms with Gasteiger partial charge in [-0.25, -0.2) is 0 Å². The number of nitrogen functional groups attached to an aromatic ring is 1. The van der Waals surface area contributed by atoms with Crippen molar-refractivity contribution >= 4 is 27.5 Å². The van der Waals surface area contributed by atoms with Gasteiger partial charge in [-0.05, 0) is 78.9 Å². The molecule has 0 bridgehead atoms. The molecule has 1 aromatic carbocycles. The van der Waals surface area contributed by atoms with Crippen molar-refractivity contribution < 1.29 is 19.5 Å². The fourth-order valence-corrected chi connectivity index (χ4v) is 3.87. The zero-order valence-corrected chi connectivity index (χ0v) is 23.1. The number of hydrogen-bond acceptors (Lipinski definition) is 7. The number of aromatic nitrogens is 6. The summed E-state index contributed by atoms with van der Waals surface area (Å²) in [5, 5.41) is 2.03. The molecule has 196 valence electrons. The summed E-state index contributed by atoms with van der Waals surface area (Å²) in [6, 6.07) is 32.9. The van der Waals surface area contributed by atoms with Crippen LogP contribution in [-0.4, -0.2) is 29.9 Å². The van der Waals surface area contributed by atoms with Crippen LogP contribution in [0.5, 0.6) is 0 Å². The predicted octanol–water partition coefficient (Wildman–Crippen LogP) is 6.65. The van der Waals surface area contributed by atoms with Crippen LogP contribution >= 0.6 is 0 Å². The SMILES string of the molecule is Nc1cc2ncccc2c2ncccc12.[Ru].c1ccc(-c2ccccn2)nc1.c1ccc(-c2ccccn2)nc1. The first-order valence-electron chi connectivity index (χ1n) is 12.3. The van der Waals surface area contributed by atoms with Crippen molar-refractivity contribution in [1.82, 2.24) is 29.9 Å². The van der Waals surface area contributed by atoms with Crippen molar-refractivity contribution in [2.24, 2.45) is 0 Å². The Hall–Kier alpha value is -4.94. The Kier molecular flexibility index (Phi) is 10.0. The van der Waals surface area contributed by atoms with E-state index in [2.05, 4.69) is 29.9 Å². The first-order valence-corrected chi connectivity index (χ1v) is 12.3. The molecule has 0 spiro atoms. The Morgan fingerprint density at radius 1 is 0.400 bits per heavy atom. The molecule has 0 aliphatic heterocycles. The minimum Gasteiger partial charge on any atom is -0.398 e. The van der Waals surface area contributed by atoms with Crippen LogP contribution in [0.25, 0.3) is 44.6 Å². The van der Waals surface area contributed by atoms with Crippen molar-refractivity contribution in [3.8, 4) is 22.8 Å². The van der Waals surface area contributed by atoms with E-state index in [9.17, 15) is 0 Å². The van der Waals surface area contributed by atoms with Crippen molar-refractivity contribution in [2.75, 3.05) is 5.73 Å². The molecule has 0 amide bonds. The molecule has 6 heterocycles. The van der Waals surface area contributed by atoms with Gasteiger partial charge in [0.15, 0.2) is 0 Å². The summed E-state index contributed by atoms with van der Waals surface area (Å²) < 4.78 is 0. The molecule has 0 saturated heterocycles. The maximum absolute atomic E-state index is 5.94. The van der Waals surface area contributed by atoms with E-state index in [0.29, 0.717) is 0 Å². The van der Waals surface area contributed by atoms with Gasteiger partial charge < -0.3 is 5.73 Å². The van der Waals surface area contributed by atoms with Crippen LogP contribution in [0.1, 0.15) is 0 Å². The molecule has 7 nitrogen and oxygen atoms in total. The van der Waals surface area contributed by atoms with Crippen LogP contribution in [0.15, 0.2) is 140 Å². The van der Waals surface area contributed by atoms with Gasteiger partial charge >= 0.3 is 0 Å². The van der Waals surface area contributed by atoms with E-state index < -0.39 is 0 Å². The minimum absolute atomic E-state index is 0. The molecule has 0 aliphatic rings. The summed E-state index contributed by atoms with van der Waals surface area (Å²) in [5.41, 5.74) is 12.1. The van der Waals surface area contributed by atoms with Crippen LogP contribution in [-0.2, 0) is 19.5 Å². The molecule has 0 unspecified atom stereocenters. The van der Waals surface area contributed by atoms with Crippen LogP contribution < -0.4 is 5.73 Å². The van der Waals surface area contributed by atoms with E-state index in [-0.39, 0.29) is 19.5 Å². The number of hydrogen-bond donors (Lipinski definition) is 1. The summed E-state index contributed by atoms with van der Waals surface area (Å²) in [5.74, 6) is 0. The van der Waals surface area contributed by atoms with E-state index >= 15 is 0 Å². The Bertz CT molecular complexity index is 1600. The van der Waals surface area contributed by atoms with Gasteiger partial charge in [0.25, 0.3) is 0 Å². The predicted molar refractivity (Wildman–Crippen MR) is 156 cm³/mol. The van der Waals surface area contributed by atoms with Gasteiger partial charge in [0, 0.05) is 73.1 Å². The summed E-state index contributed by atoms with van der Waals surface area (Å²) in [4.78, 5) is 25.4. The molecule has 0 atom stereocenters. The zero-order valence-electron chi connectivity index (χ0n) is 21.4. The van der Waals surface area contributed by atoms with E-state index in [1.165, 1.54) is 0 Å².